The van der Waals surface area contributed by atoms with Crippen LogP contribution in [-0.4, -0.2) is 15.6 Å². The van der Waals surface area contributed by atoms with Crippen molar-refractivity contribution in [1.29, 1.82) is 0 Å². The molecule has 1 amide bonds. The number of rotatable bonds is 1. The largest absolute Gasteiger partial charge is 0.331 e. The van der Waals surface area contributed by atoms with Crippen LogP contribution in [0.25, 0.3) is 21.8 Å². The first-order chi connectivity index (χ1) is 10.8. The molecule has 0 atom stereocenters. The van der Waals surface area contributed by atoms with Gasteiger partial charge in [-0.1, -0.05) is 48.5 Å². The molecule has 0 aliphatic heterocycles. The fraction of sp³-hybridized carbons (Fsp3) is 0. The summed E-state index contributed by atoms with van der Waals surface area (Å²) in [6.45, 7) is 0. The third kappa shape index (κ3) is 2.02. The number of imidazole rings is 1. The first-order valence-electron chi connectivity index (χ1n) is 7.04. The van der Waals surface area contributed by atoms with E-state index in [1.54, 1.807) is 6.33 Å². The average molecular weight is 287 g/mol. The van der Waals surface area contributed by atoms with Crippen molar-refractivity contribution in [3.8, 4) is 0 Å². The number of carbonyl (C=O) groups excluding carboxylic acids is 1. The number of para-hydroxylation sites is 2. The van der Waals surface area contributed by atoms with Crippen LogP contribution < -0.4 is 5.32 Å². The van der Waals surface area contributed by atoms with Crippen molar-refractivity contribution in [3.63, 3.8) is 0 Å². The standard InChI is InChI=1S/C18H13N3O/c22-18(21-12-19-16-9-3-4-11-17(16)21)20-15-10-5-7-13-6-1-2-8-14(13)15/h1-12H,(H,20,22). The molecule has 0 saturated carbocycles. The van der Waals surface area contributed by atoms with Gasteiger partial charge in [0.05, 0.1) is 16.7 Å². The zero-order valence-electron chi connectivity index (χ0n) is 11.7. The summed E-state index contributed by atoms with van der Waals surface area (Å²) in [5.41, 5.74) is 2.39. The monoisotopic (exact) mass is 287 g/mol. The molecule has 1 N–H and O–H groups in total. The van der Waals surface area contributed by atoms with Gasteiger partial charge in [0.2, 0.25) is 0 Å². The number of fused-ring (bicyclic) bond motifs is 2. The lowest BCUT2D eigenvalue weighted by Gasteiger charge is -2.09. The predicted molar refractivity (Wildman–Crippen MR) is 88.1 cm³/mol. The van der Waals surface area contributed by atoms with Crippen LogP contribution >= 0.6 is 0 Å². The summed E-state index contributed by atoms with van der Waals surface area (Å²) < 4.78 is 1.52. The fourth-order valence-electron chi connectivity index (χ4n) is 2.63. The Balaban J connectivity index is 1.75. The van der Waals surface area contributed by atoms with Crippen LogP contribution in [0.1, 0.15) is 0 Å². The molecule has 22 heavy (non-hydrogen) atoms. The topological polar surface area (TPSA) is 46.9 Å². The van der Waals surface area contributed by atoms with E-state index in [1.807, 2.05) is 66.7 Å². The molecule has 0 fully saturated rings. The van der Waals surface area contributed by atoms with Crippen LogP contribution in [0, 0.1) is 0 Å². The van der Waals surface area contributed by atoms with Crippen LogP contribution in [0.5, 0.6) is 0 Å². The van der Waals surface area contributed by atoms with Gasteiger partial charge in [-0.25, -0.2) is 9.78 Å². The summed E-state index contributed by atoms with van der Waals surface area (Å²) in [4.78, 5) is 16.8. The molecule has 4 heteroatoms. The molecule has 0 saturated heterocycles. The van der Waals surface area contributed by atoms with E-state index in [4.69, 9.17) is 0 Å². The van der Waals surface area contributed by atoms with E-state index in [1.165, 1.54) is 4.57 Å². The van der Waals surface area contributed by atoms with Crippen molar-refractivity contribution in [3.05, 3.63) is 73.1 Å². The van der Waals surface area contributed by atoms with E-state index in [2.05, 4.69) is 10.3 Å². The number of aromatic nitrogens is 2. The molecule has 1 aromatic heterocycles. The van der Waals surface area contributed by atoms with E-state index in [0.29, 0.717) is 0 Å². The Morgan fingerprint density at radius 3 is 2.64 bits per heavy atom. The van der Waals surface area contributed by atoms with Crippen molar-refractivity contribution < 1.29 is 4.79 Å². The molecule has 0 aliphatic carbocycles. The van der Waals surface area contributed by atoms with Gasteiger partial charge in [-0.15, -0.1) is 0 Å². The summed E-state index contributed by atoms with van der Waals surface area (Å²) in [5, 5.41) is 5.07. The van der Waals surface area contributed by atoms with Crippen LogP contribution in [0.15, 0.2) is 73.1 Å². The number of nitrogens with zero attached hydrogens (tertiary/aromatic N) is 2. The quantitative estimate of drug-likeness (QED) is 0.568. The molecule has 0 radical (unpaired) electrons. The number of carbonyl (C=O) groups is 1. The first kappa shape index (κ1) is 12.6. The number of hydrogen-bond donors (Lipinski definition) is 1. The van der Waals surface area contributed by atoms with Crippen molar-refractivity contribution in [2.75, 3.05) is 5.32 Å². The van der Waals surface area contributed by atoms with E-state index < -0.39 is 0 Å². The minimum absolute atomic E-state index is 0.218. The number of anilines is 1. The highest BCUT2D eigenvalue weighted by atomic mass is 16.2. The Morgan fingerprint density at radius 2 is 1.68 bits per heavy atom. The first-order valence-corrected chi connectivity index (χ1v) is 7.04. The lowest BCUT2D eigenvalue weighted by atomic mass is 10.1. The van der Waals surface area contributed by atoms with Gasteiger partial charge >= 0.3 is 6.03 Å². The van der Waals surface area contributed by atoms with Gasteiger partial charge in [-0.2, -0.15) is 0 Å². The molecule has 0 unspecified atom stereocenters. The Bertz CT molecular complexity index is 982. The number of amides is 1. The van der Waals surface area contributed by atoms with Crippen LogP contribution in [0.4, 0.5) is 10.5 Å². The van der Waals surface area contributed by atoms with E-state index >= 15 is 0 Å². The maximum absolute atomic E-state index is 12.5. The van der Waals surface area contributed by atoms with E-state index in [9.17, 15) is 4.79 Å². The summed E-state index contributed by atoms with van der Waals surface area (Å²) in [5.74, 6) is 0. The Kier molecular flexibility index (Phi) is 2.86. The molecule has 0 bridgehead atoms. The molecule has 0 spiro atoms. The third-order valence-corrected chi connectivity index (χ3v) is 3.70. The normalized spacial score (nSPS) is 10.9. The van der Waals surface area contributed by atoms with Crippen molar-refractivity contribution in [2.24, 2.45) is 0 Å². The highest BCUT2D eigenvalue weighted by molar-refractivity contribution is 6.04. The molecule has 0 aliphatic rings. The fourth-order valence-corrected chi connectivity index (χ4v) is 2.63. The van der Waals surface area contributed by atoms with E-state index in [0.717, 1.165) is 27.5 Å². The summed E-state index contributed by atoms with van der Waals surface area (Å²) in [6.07, 6.45) is 1.55. The van der Waals surface area contributed by atoms with Crippen molar-refractivity contribution in [1.82, 2.24) is 9.55 Å². The summed E-state index contributed by atoms with van der Waals surface area (Å²) in [6, 6.07) is 21.2. The second-order valence-corrected chi connectivity index (χ2v) is 5.06. The maximum Gasteiger partial charge on any atom is 0.331 e. The molecule has 106 valence electrons. The molecule has 4 aromatic rings. The smallest absolute Gasteiger partial charge is 0.307 e. The Hall–Kier alpha value is -3.14. The van der Waals surface area contributed by atoms with Gasteiger partial charge in [-0.05, 0) is 23.6 Å². The summed E-state index contributed by atoms with van der Waals surface area (Å²) in [7, 11) is 0. The minimum atomic E-state index is -0.218. The molecule has 4 rings (SSSR count). The Labute approximate surface area is 127 Å². The van der Waals surface area contributed by atoms with Crippen molar-refractivity contribution >= 4 is 33.5 Å². The second-order valence-electron chi connectivity index (χ2n) is 5.06. The van der Waals surface area contributed by atoms with Gasteiger partial charge in [0.1, 0.15) is 6.33 Å². The number of nitrogens with one attached hydrogen (secondary N) is 1. The highest BCUT2D eigenvalue weighted by Gasteiger charge is 2.10. The number of benzene rings is 3. The zero-order valence-corrected chi connectivity index (χ0v) is 11.7. The van der Waals surface area contributed by atoms with Crippen LogP contribution in [0.2, 0.25) is 0 Å². The highest BCUT2D eigenvalue weighted by Crippen LogP contribution is 2.23. The van der Waals surface area contributed by atoms with Crippen LogP contribution in [-0.2, 0) is 0 Å². The molecular formula is C18H13N3O. The predicted octanol–water partition coefficient (Wildman–Crippen LogP) is 4.27. The second kappa shape index (κ2) is 5.00. The molecule has 4 nitrogen and oxygen atoms in total. The third-order valence-electron chi connectivity index (χ3n) is 3.70. The molecular weight excluding hydrogens is 274 g/mol. The van der Waals surface area contributed by atoms with Gasteiger partial charge in [0.25, 0.3) is 0 Å². The molecule has 3 aromatic carbocycles. The average Bonchev–Trinajstić information content (AvgIpc) is 2.99. The zero-order chi connectivity index (χ0) is 14.9. The lowest BCUT2D eigenvalue weighted by molar-refractivity contribution is 0.254. The van der Waals surface area contributed by atoms with E-state index in [-0.39, 0.29) is 6.03 Å². The van der Waals surface area contributed by atoms with Crippen LogP contribution in [0.3, 0.4) is 0 Å². The number of hydrogen-bond acceptors (Lipinski definition) is 2. The Morgan fingerprint density at radius 1 is 0.909 bits per heavy atom. The van der Waals surface area contributed by atoms with Gasteiger partial charge < -0.3 is 5.32 Å². The maximum atomic E-state index is 12.5. The van der Waals surface area contributed by atoms with Gasteiger partial charge in [-0.3, -0.25) is 4.57 Å². The summed E-state index contributed by atoms with van der Waals surface area (Å²) >= 11 is 0. The molecule has 1 heterocycles. The minimum Gasteiger partial charge on any atom is -0.307 e. The van der Waals surface area contributed by atoms with Gasteiger partial charge in [0.15, 0.2) is 0 Å². The lowest BCUT2D eigenvalue weighted by Crippen LogP contribution is -2.18. The SMILES string of the molecule is O=C(Nc1cccc2ccccc12)n1cnc2ccccc21. The van der Waals surface area contributed by atoms with Crippen molar-refractivity contribution in [2.45, 2.75) is 0 Å². The van der Waals surface area contributed by atoms with Gasteiger partial charge in [0, 0.05) is 5.39 Å².